The number of rotatable bonds is 5. The lowest BCUT2D eigenvalue weighted by molar-refractivity contribution is -0.114. The number of hydrogen-bond acceptors (Lipinski definition) is 3. The van der Waals surface area contributed by atoms with Gasteiger partial charge in [-0.2, -0.15) is 0 Å². The number of nitrogens with zero attached hydrogens (tertiary/aromatic N) is 1. The van der Waals surface area contributed by atoms with Gasteiger partial charge in [0, 0.05) is 25.7 Å². The molecule has 0 spiro atoms. The number of carbonyl (C=O) groups excluding carboxylic acids is 2. The Morgan fingerprint density at radius 2 is 1.96 bits per heavy atom. The summed E-state index contributed by atoms with van der Waals surface area (Å²) in [7, 11) is 0. The van der Waals surface area contributed by atoms with Crippen LogP contribution in [-0.4, -0.2) is 42.9 Å². The number of likely N-dealkylation sites (tertiary alicyclic amines) is 1. The zero-order valence-corrected chi connectivity index (χ0v) is 14.9. The van der Waals surface area contributed by atoms with Gasteiger partial charge in [-0.3, -0.25) is 9.59 Å². The normalized spacial score (nSPS) is 14.9. The van der Waals surface area contributed by atoms with Gasteiger partial charge in [-0.15, -0.1) is 12.4 Å². The lowest BCUT2D eigenvalue weighted by Gasteiger charge is -2.32. The summed E-state index contributed by atoms with van der Waals surface area (Å²) in [5.41, 5.74) is 0.450. The molecule has 2 N–H and O–H groups in total. The van der Waals surface area contributed by atoms with Crippen LogP contribution in [0.1, 0.15) is 37.0 Å². The molecule has 2 amide bonds. The Kier molecular flexibility index (Phi) is 8.15. The lowest BCUT2D eigenvalue weighted by atomic mass is 9.96. The molecule has 0 unspecified atom stereocenters. The van der Waals surface area contributed by atoms with Crippen LogP contribution in [0.4, 0.5) is 10.1 Å². The summed E-state index contributed by atoms with van der Waals surface area (Å²) >= 11 is 0. The summed E-state index contributed by atoms with van der Waals surface area (Å²) < 4.78 is 14.0. The second-order valence-corrected chi connectivity index (χ2v) is 5.92. The van der Waals surface area contributed by atoms with E-state index in [0.29, 0.717) is 24.7 Å². The molecule has 1 aromatic carbocycles. The van der Waals surface area contributed by atoms with Crippen LogP contribution in [0.2, 0.25) is 0 Å². The molecule has 0 saturated carbocycles. The summed E-state index contributed by atoms with van der Waals surface area (Å²) in [5.74, 6) is -0.552. The summed E-state index contributed by atoms with van der Waals surface area (Å²) in [5, 5.41) is 5.90. The van der Waals surface area contributed by atoms with Crippen molar-refractivity contribution >= 4 is 29.9 Å². The van der Waals surface area contributed by atoms with Gasteiger partial charge in [-0.25, -0.2) is 4.39 Å². The number of piperidine rings is 1. The number of amides is 2. The molecule has 0 aliphatic carbocycles. The third-order valence-corrected chi connectivity index (χ3v) is 4.10. The molecule has 1 saturated heterocycles. The van der Waals surface area contributed by atoms with E-state index in [9.17, 15) is 14.0 Å². The molecule has 5 nitrogen and oxygen atoms in total. The van der Waals surface area contributed by atoms with Crippen molar-refractivity contribution in [2.45, 2.75) is 26.7 Å². The van der Waals surface area contributed by atoms with Crippen molar-refractivity contribution in [3.63, 3.8) is 0 Å². The number of hydrogen-bond donors (Lipinski definition) is 2. The van der Waals surface area contributed by atoms with E-state index in [0.717, 1.165) is 25.9 Å². The van der Waals surface area contributed by atoms with Crippen LogP contribution in [0, 0.1) is 11.7 Å². The zero-order chi connectivity index (χ0) is 16.8. The van der Waals surface area contributed by atoms with Gasteiger partial charge in [-0.1, -0.05) is 6.92 Å². The number of benzene rings is 1. The number of halogens is 2. The van der Waals surface area contributed by atoms with E-state index in [-0.39, 0.29) is 29.8 Å². The van der Waals surface area contributed by atoms with Gasteiger partial charge in [0.05, 0.1) is 5.56 Å². The lowest BCUT2D eigenvalue weighted by Crippen LogP contribution is -2.41. The van der Waals surface area contributed by atoms with Gasteiger partial charge in [-0.05, 0) is 50.0 Å². The molecule has 1 fully saturated rings. The van der Waals surface area contributed by atoms with E-state index >= 15 is 0 Å². The van der Waals surface area contributed by atoms with E-state index in [1.165, 1.54) is 25.1 Å². The van der Waals surface area contributed by atoms with E-state index in [2.05, 4.69) is 17.6 Å². The molecule has 1 aromatic rings. The van der Waals surface area contributed by atoms with Crippen molar-refractivity contribution in [1.29, 1.82) is 0 Å². The van der Waals surface area contributed by atoms with E-state index < -0.39 is 5.82 Å². The van der Waals surface area contributed by atoms with Gasteiger partial charge >= 0.3 is 0 Å². The number of anilines is 1. The third-order valence-electron chi connectivity index (χ3n) is 4.10. The highest BCUT2D eigenvalue weighted by Gasteiger charge is 2.25. The Morgan fingerprint density at radius 1 is 1.29 bits per heavy atom. The minimum Gasteiger partial charge on any atom is -0.339 e. The van der Waals surface area contributed by atoms with E-state index in [1.807, 2.05) is 0 Å². The minimum atomic E-state index is -0.557. The summed E-state index contributed by atoms with van der Waals surface area (Å²) in [6, 6.07) is 4.08. The molecule has 2 rings (SSSR count). The van der Waals surface area contributed by atoms with E-state index in [4.69, 9.17) is 0 Å². The largest absolute Gasteiger partial charge is 0.339 e. The van der Waals surface area contributed by atoms with Crippen LogP contribution in [0.25, 0.3) is 0 Å². The van der Waals surface area contributed by atoms with Crippen LogP contribution in [0.5, 0.6) is 0 Å². The molecule has 7 heteroatoms. The molecular formula is C17H25ClFN3O2. The molecule has 0 radical (unpaired) electrons. The first-order chi connectivity index (χ1) is 11.0. The maximum Gasteiger partial charge on any atom is 0.256 e. The van der Waals surface area contributed by atoms with E-state index in [1.54, 1.807) is 4.90 Å². The highest BCUT2D eigenvalue weighted by atomic mass is 35.5. The zero-order valence-electron chi connectivity index (χ0n) is 14.1. The van der Waals surface area contributed by atoms with Crippen LogP contribution < -0.4 is 10.6 Å². The predicted molar refractivity (Wildman–Crippen MR) is 95.1 cm³/mol. The predicted octanol–water partition coefficient (Wildman–Crippen LogP) is 2.67. The topological polar surface area (TPSA) is 61.4 Å². The second kappa shape index (κ2) is 9.59. The standard InChI is InChI=1S/C17H24FN3O2.ClH/c1-3-19-11-13-6-8-21(9-7-13)17(23)15-10-14(20-12(2)22)4-5-16(15)18;/h4-5,10,13,19H,3,6-9,11H2,1-2H3,(H,20,22);1H. The average molecular weight is 358 g/mol. The van der Waals surface area contributed by atoms with Gasteiger partial charge in [0.2, 0.25) is 5.91 Å². The Hall–Kier alpha value is -1.66. The van der Waals surface area contributed by atoms with Gasteiger partial charge in [0.15, 0.2) is 0 Å². The van der Waals surface area contributed by atoms with Crippen molar-refractivity contribution < 1.29 is 14.0 Å². The molecule has 134 valence electrons. The fraction of sp³-hybridized carbons (Fsp3) is 0.529. The maximum absolute atomic E-state index is 14.0. The Balaban J connectivity index is 0.00000288. The van der Waals surface area contributed by atoms with Gasteiger partial charge in [0.1, 0.15) is 5.82 Å². The van der Waals surface area contributed by atoms with Crippen molar-refractivity contribution in [3.05, 3.63) is 29.6 Å². The van der Waals surface area contributed by atoms with Crippen LogP contribution in [-0.2, 0) is 4.79 Å². The fourth-order valence-electron chi connectivity index (χ4n) is 2.83. The summed E-state index contributed by atoms with van der Waals surface area (Å²) in [4.78, 5) is 25.3. The molecule has 0 aromatic heterocycles. The first-order valence-electron chi connectivity index (χ1n) is 8.08. The molecular weight excluding hydrogens is 333 g/mol. The number of carbonyl (C=O) groups is 2. The van der Waals surface area contributed by atoms with Crippen LogP contribution in [0.3, 0.4) is 0 Å². The Morgan fingerprint density at radius 3 is 2.54 bits per heavy atom. The third kappa shape index (κ3) is 5.46. The quantitative estimate of drug-likeness (QED) is 0.851. The molecule has 24 heavy (non-hydrogen) atoms. The highest BCUT2D eigenvalue weighted by molar-refractivity contribution is 5.97. The van der Waals surface area contributed by atoms with Crippen LogP contribution in [0.15, 0.2) is 18.2 Å². The van der Waals surface area contributed by atoms with Crippen molar-refractivity contribution in [1.82, 2.24) is 10.2 Å². The first kappa shape index (κ1) is 20.4. The maximum atomic E-state index is 14.0. The molecule has 0 atom stereocenters. The van der Waals surface area contributed by atoms with Gasteiger partial charge in [0.25, 0.3) is 5.91 Å². The SMILES string of the molecule is CCNCC1CCN(C(=O)c2cc(NC(C)=O)ccc2F)CC1.Cl. The van der Waals surface area contributed by atoms with Crippen molar-refractivity contribution in [2.75, 3.05) is 31.5 Å². The van der Waals surface area contributed by atoms with Crippen molar-refractivity contribution in [3.8, 4) is 0 Å². The van der Waals surface area contributed by atoms with Gasteiger partial charge < -0.3 is 15.5 Å². The summed E-state index contributed by atoms with van der Waals surface area (Å²) in [6.45, 7) is 6.63. The average Bonchev–Trinajstić information content (AvgIpc) is 2.54. The second-order valence-electron chi connectivity index (χ2n) is 5.92. The molecule has 0 bridgehead atoms. The highest BCUT2D eigenvalue weighted by Crippen LogP contribution is 2.21. The Labute approximate surface area is 148 Å². The minimum absolute atomic E-state index is 0. The smallest absolute Gasteiger partial charge is 0.256 e. The summed E-state index contributed by atoms with van der Waals surface area (Å²) in [6.07, 6.45) is 1.84. The molecule has 1 aliphatic rings. The fourth-order valence-corrected chi connectivity index (χ4v) is 2.83. The van der Waals surface area contributed by atoms with Crippen LogP contribution >= 0.6 is 12.4 Å². The Bertz CT molecular complexity index is 575. The number of nitrogens with one attached hydrogen (secondary N) is 2. The molecule has 1 heterocycles. The van der Waals surface area contributed by atoms with Crippen molar-refractivity contribution in [2.24, 2.45) is 5.92 Å². The first-order valence-corrected chi connectivity index (χ1v) is 8.08. The molecule has 1 aliphatic heterocycles. The monoisotopic (exact) mass is 357 g/mol.